The molecule has 1 heterocycles. The molecule has 4 nitrogen and oxygen atoms in total. The zero-order valence-electron chi connectivity index (χ0n) is 19.6. The van der Waals surface area contributed by atoms with Gasteiger partial charge in [-0.25, -0.2) is 4.79 Å². The highest BCUT2D eigenvalue weighted by Gasteiger charge is 2.33. The van der Waals surface area contributed by atoms with E-state index < -0.39 is 17.8 Å². The van der Waals surface area contributed by atoms with Crippen LogP contribution in [0.3, 0.4) is 0 Å². The number of para-hydroxylation sites is 2. The number of halogens is 3. The lowest BCUT2D eigenvalue weighted by molar-refractivity contribution is -0.136. The topological polar surface area (TPSA) is 54.0 Å². The number of nitrogens with zero attached hydrogens (tertiary/aromatic N) is 1. The summed E-state index contributed by atoms with van der Waals surface area (Å²) in [5.41, 5.74) is 3.37. The first kappa shape index (κ1) is 24.1. The first-order valence-electron chi connectivity index (χ1n) is 11.6. The summed E-state index contributed by atoms with van der Waals surface area (Å²) in [6.45, 7) is 0. The Hall–Kier alpha value is -4.65. The standard InChI is InChI=1S/C30H22F3N3O/c31-30(32,33)26-16-8-15-25-27(22(19-34-28(25)26)17-20-9-3-1-4-10-20)21-11-7-14-24(18-21)36-29(37)35-23-12-5-2-6-13-23/h1-16,18-19H,17H2,(H2,35,36,37). The van der Waals surface area contributed by atoms with E-state index in [1.54, 1.807) is 36.4 Å². The lowest BCUT2D eigenvalue weighted by Crippen LogP contribution is -2.19. The smallest absolute Gasteiger partial charge is 0.308 e. The zero-order chi connectivity index (χ0) is 25.8. The molecule has 0 atom stereocenters. The Labute approximate surface area is 211 Å². The molecule has 5 rings (SSSR count). The maximum Gasteiger partial charge on any atom is 0.418 e. The number of nitrogens with one attached hydrogen (secondary N) is 2. The maximum atomic E-state index is 13.8. The average Bonchev–Trinajstić information content (AvgIpc) is 2.89. The van der Waals surface area contributed by atoms with Crippen LogP contribution in [0.15, 0.2) is 109 Å². The number of hydrogen-bond donors (Lipinski definition) is 2. The van der Waals surface area contributed by atoms with Gasteiger partial charge in [0.2, 0.25) is 0 Å². The van der Waals surface area contributed by atoms with Crippen molar-refractivity contribution in [2.75, 3.05) is 10.6 Å². The van der Waals surface area contributed by atoms with Crippen LogP contribution in [0.2, 0.25) is 0 Å². The summed E-state index contributed by atoms with van der Waals surface area (Å²) in [6.07, 6.45) is -2.53. The number of benzene rings is 4. The van der Waals surface area contributed by atoms with Crippen LogP contribution in [0.1, 0.15) is 16.7 Å². The largest absolute Gasteiger partial charge is 0.418 e. The summed E-state index contributed by atoms with van der Waals surface area (Å²) in [4.78, 5) is 16.8. The first-order valence-corrected chi connectivity index (χ1v) is 11.6. The molecule has 0 saturated heterocycles. The molecular weight excluding hydrogens is 475 g/mol. The van der Waals surface area contributed by atoms with Gasteiger partial charge in [-0.3, -0.25) is 4.98 Å². The highest BCUT2D eigenvalue weighted by atomic mass is 19.4. The normalized spacial score (nSPS) is 11.3. The van der Waals surface area contributed by atoms with Gasteiger partial charge < -0.3 is 10.6 Å². The molecule has 0 radical (unpaired) electrons. The number of carbonyl (C=O) groups is 1. The van der Waals surface area contributed by atoms with Crippen molar-refractivity contribution in [1.29, 1.82) is 0 Å². The molecule has 7 heteroatoms. The van der Waals surface area contributed by atoms with Gasteiger partial charge in [-0.15, -0.1) is 0 Å². The minimum Gasteiger partial charge on any atom is -0.308 e. The van der Waals surface area contributed by atoms with E-state index in [2.05, 4.69) is 15.6 Å². The van der Waals surface area contributed by atoms with Crippen LogP contribution in [0, 0.1) is 0 Å². The number of fused-ring (bicyclic) bond motifs is 1. The van der Waals surface area contributed by atoms with Gasteiger partial charge in [0.1, 0.15) is 0 Å². The van der Waals surface area contributed by atoms with Gasteiger partial charge in [0.15, 0.2) is 0 Å². The quantitative estimate of drug-likeness (QED) is 0.257. The van der Waals surface area contributed by atoms with E-state index in [4.69, 9.17) is 0 Å². The van der Waals surface area contributed by atoms with Crippen molar-refractivity contribution in [2.24, 2.45) is 0 Å². The van der Waals surface area contributed by atoms with E-state index >= 15 is 0 Å². The fourth-order valence-corrected chi connectivity index (χ4v) is 4.35. The van der Waals surface area contributed by atoms with Gasteiger partial charge in [0.25, 0.3) is 0 Å². The molecule has 0 aliphatic heterocycles. The summed E-state index contributed by atoms with van der Waals surface area (Å²) < 4.78 is 41.4. The van der Waals surface area contributed by atoms with Gasteiger partial charge in [-0.2, -0.15) is 13.2 Å². The Bertz CT molecular complexity index is 1550. The van der Waals surface area contributed by atoms with Crippen molar-refractivity contribution < 1.29 is 18.0 Å². The molecule has 0 unspecified atom stereocenters. The third-order valence-electron chi connectivity index (χ3n) is 5.96. The fourth-order valence-electron chi connectivity index (χ4n) is 4.35. The van der Waals surface area contributed by atoms with Crippen LogP contribution in [0.5, 0.6) is 0 Å². The van der Waals surface area contributed by atoms with Crippen LogP contribution in [-0.4, -0.2) is 11.0 Å². The van der Waals surface area contributed by atoms with Crippen molar-refractivity contribution in [3.63, 3.8) is 0 Å². The summed E-state index contributed by atoms with van der Waals surface area (Å²) in [7, 11) is 0. The Balaban J connectivity index is 1.58. The van der Waals surface area contributed by atoms with Gasteiger partial charge in [0.05, 0.1) is 11.1 Å². The minimum absolute atomic E-state index is 0.109. The molecule has 1 aromatic heterocycles. The van der Waals surface area contributed by atoms with Gasteiger partial charge in [-0.05, 0) is 59.0 Å². The molecule has 0 aliphatic rings. The number of rotatable bonds is 5. The summed E-state index contributed by atoms with van der Waals surface area (Å²) >= 11 is 0. The maximum absolute atomic E-state index is 13.8. The Morgan fingerprint density at radius 2 is 1.41 bits per heavy atom. The van der Waals surface area contributed by atoms with Crippen molar-refractivity contribution in [3.8, 4) is 11.1 Å². The van der Waals surface area contributed by atoms with E-state index in [-0.39, 0.29) is 5.52 Å². The molecule has 5 aromatic rings. The summed E-state index contributed by atoms with van der Waals surface area (Å²) in [6, 6.07) is 29.4. The minimum atomic E-state index is -4.54. The Morgan fingerprint density at radius 3 is 2.14 bits per heavy atom. The van der Waals surface area contributed by atoms with E-state index in [1.165, 1.54) is 12.3 Å². The van der Waals surface area contributed by atoms with Gasteiger partial charge in [0, 0.05) is 23.0 Å². The summed E-state index contributed by atoms with van der Waals surface area (Å²) in [5.74, 6) is 0. The predicted molar refractivity (Wildman–Crippen MR) is 141 cm³/mol. The molecule has 2 N–H and O–H groups in total. The molecule has 184 valence electrons. The van der Waals surface area contributed by atoms with Crippen LogP contribution < -0.4 is 10.6 Å². The number of urea groups is 1. The summed E-state index contributed by atoms with van der Waals surface area (Å²) in [5, 5.41) is 5.97. The van der Waals surface area contributed by atoms with E-state index in [9.17, 15) is 18.0 Å². The lowest BCUT2D eigenvalue weighted by Gasteiger charge is -2.17. The molecule has 4 aromatic carbocycles. The Morgan fingerprint density at radius 1 is 0.757 bits per heavy atom. The first-order chi connectivity index (χ1) is 17.9. The number of carbonyl (C=O) groups excluding carboxylic acids is 1. The van der Waals surface area contributed by atoms with Crippen LogP contribution in [0.25, 0.3) is 22.0 Å². The molecule has 0 spiro atoms. The predicted octanol–water partition coefficient (Wildman–Crippen LogP) is 8.16. The van der Waals surface area contributed by atoms with Gasteiger partial charge in [-0.1, -0.05) is 72.8 Å². The number of alkyl halides is 3. The Kier molecular flexibility index (Phi) is 6.60. The second-order valence-corrected chi connectivity index (χ2v) is 8.55. The number of amides is 2. The number of anilines is 2. The van der Waals surface area contributed by atoms with E-state index in [0.717, 1.165) is 17.2 Å². The molecule has 37 heavy (non-hydrogen) atoms. The second-order valence-electron chi connectivity index (χ2n) is 8.55. The van der Waals surface area contributed by atoms with Crippen LogP contribution in [0.4, 0.5) is 29.3 Å². The zero-order valence-corrected chi connectivity index (χ0v) is 19.6. The molecule has 0 aliphatic carbocycles. The van der Waals surface area contributed by atoms with Crippen molar-refractivity contribution in [3.05, 3.63) is 126 Å². The van der Waals surface area contributed by atoms with Crippen LogP contribution in [-0.2, 0) is 12.6 Å². The second kappa shape index (κ2) is 10.1. The monoisotopic (exact) mass is 497 g/mol. The van der Waals surface area contributed by atoms with Crippen molar-refractivity contribution in [2.45, 2.75) is 12.6 Å². The SMILES string of the molecule is O=C(Nc1ccccc1)Nc1cccc(-c2c(Cc3ccccc3)cnc3c(C(F)(F)F)cccc23)c1. The number of aromatic nitrogens is 1. The third kappa shape index (κ3) is 5.46. The molecule has 0 saturated carbocycles. The fraction of sp³-hybridized carbons (Fsp3) is 0.0667. The molecule has 2 amide bonds. The molecular formula is C30H22F3N3O. The van der Waals surface area contributed by atoms with Crippen LogP contribution >= 0.6 is 0 Å². The molecule has 0 fully saturated rings. The van der Waals surface area contributed by atoms with E-state index in [1.807, 2.05) is 54.6 Å². The molecule has 0 bridgehead atoms. The van der Waals surface area contributed by atoms with Crippen molar-refractivity contribution in [1.82, 2.24) is 4.98 Å². The van der Waals surface area contributed by atoms with Crippen molar-refractivity contribution >= 4 is 28.3 Å². The highest BCUT2D eigenvalue weighted by Crippen LogP contribution is 2.39. The van der Waals surface area contributed by atoms with E-state index in [0.29, 0.717) is 34.3 Å². The number of pyridine rings is 1. The van der Waals surface area contributed by atoms with Gasteiger partial charge >= 0.3 is 12.2 Å². The average molecular weight is 498 g/mol. The third-order valence-corrected chi connectivity index (χ3v) is 5.96. The highest BCUT2D eigenvalue weighted by molar-refractivity contribution is 6.01. The number of hydrogen-bond acceptors (Lipinski definition) is 2. The lowest BCUT2D eigenvalue weighted by atomic mass is 9.91.